The Morgan fingerprint density at radius 3 is 1.36 bits per heavy atom. The van der Waals surface area contributed by atoms with E-state index in [-0.39, 0.29) is 6.10 Å². The van der Waals surface area contributed by atoms with Gasteiger partial charge in [0.15, 0.2) is 5.69 Å². The lowest BCUT2D eigenvalue weighted by Crippen LogP contribution is -2.17. The Hall–Kier alpha value is -2.42. The number of para-hydroxylation sites is 1. The largest absolute Gasteiger partial charge is 0.843 e. The molecule has 0 aliphatic carbocycles. The second kappa shape index (κ2) is 9.16. The normalized spacial score (nSPS) is 10.5. The first kappa shape index (κ1) is 18.9. The first-order valence-corrected chi connectivity index (χ1v) is 8.38. The monoisotopic (exact) mass is 331 g/mol. The third-order valence-corrected chi connectivity index (χ3v) is 3.90. The summed E-state index contributed by atoms with van der Waals surface area (Å²) in [5.74, 6) is 0. The Morgan fingerprint density at radius 2 is 1.04 bits per heavy atom. The van der Waals surface area contributed by atoms with E-state index < -0.39 is 0 Å². The number of benzene rings is 3. The molecule has 0 aromatic heterocycles. The van der Waals surface area contributed by atoms with Crippen LogP contribution in [0.25, 0.3) is 0 Å². The molecule has 0 N–H and O–H groups in total. The quantitative estimate of drug-likeness (QED) is 0.658. The van der Waals surface area contributed by atoms with Gasteiger partial charge in [-0.15, -0.1) is 4.90 Å². The molecule has 0 heterocycles. The van der Waals surface area contributed by atoms with Gasteiger partial charge >= 0.3 is 0 Å². The lowest BCUT2D eigenvalue weighted by atomic mass is 10.00. The molecule has 3 aromatic rings. The summed E-state index contributed by atoms with van der Waals surface area (Å²) in [4.78, 5) is 2.08. The predicted octanol–water partition coefficient (Wildman–Crippen LogP) is 4.31. The van der Waals surface area contributed by atoms with Crippen LogP contribution < -0.4 is 10.0 Å². The summed E-state index contributed by atoms with van der Waals surface area (Å²) in [5, 5.41) is 12.1. The van der Waals surface area contributed by atoms with Crippen LogP contribution in [0.3, 0.4) is 0 Å². The van der Waals surface area contributed by atoms with Crippen molar-refractivity contribution in [3.63, 3.8) is 0 Å². The van der Waals surface area contributed by atoms with E-state index >= 15 is 0 Å². The van der Waals surface area contributed by atoms with Crippen LogP contribution in [-0.2, 0) is 0 Å². The molecule has 2 radical (unpaired) electrons. The highest BCUT2D eigenvalue weighted by molar-refractivity contribution is 5.42. The van der Waals surface area contributed by atoms with E-state index in [1.165, 1.54) is 16.8 Å². The van der Waals surface area contributed by atoms with Gasteiger partial charge in [-0.05, 0) is 13.8 Å². The van der Waals surface area contributed by atoms with E-state index in [0.29, 0.717) is 0 Å². The van der Waals surface area contributed by atoms with Crippen LogP contribution in [0, 0.1) is 20.0 Å². The number of rotatable bonds is 3. The molecule has 128 valence electrons. The van der Waals surface area contributed by atoms with Crippen LogP contribution in [0.2, 0.25) is 0 Å². The Kier molecular flexibility index (Phi) is 6.93. The fraction of sp³-hybridized carbons (Fsp3) is 0.174. The molecule has 0 fully saturated rings. The summed E-state index contributed by atoms with van der Waals surface area (Å²) in [6.07, 6.45) is 0.0833. The van der Waals surface area contributed by atoms with Crippen molar-refractivity contribution in [1.82, 2.24) is 4.90 Å². The van der Waals surface area contributed by atoms with E-state index in [9.17, 15) is 5.11 Å². The topological polar surface area (TPSA) is 29.0 Å². The Bertz CT molecular complexity index is 701. The van der Waals surface area contributed by atoms with Crippen LogP contribution in [0.1, 0.15) is 22.3 Å². The smallest absolute Gasteiger partial charge is 0.180 e. The molecule has 0 bridgehead atoms. The predicted molar refractivity (Wildman–Crippen MR) is 104 cm³/mol. The first-order chi connectivity index (χ1) is 12.0. The second-order valence-electron chi connectivity index (χ2n) is 6.29. The van der Waals surface area contributed by atoms with Crippen molar-refractivity contribution in [2.75, 3.05) is 14.1 Å². The van der Waals surface area contributed by atoms with Gasteiger partial charge in [0, 0.05) is 12.1 Å². The maximum Gasteiger partial charge on any atom is 0.180 e. The van der Waals surface area contributed by atoms with Gasteiger partial charge in [-0.2, -0.15) is 0 Å². The van der Waals surface area contributed by atoms with Crippen LogP contribution >= 0.6 is 0 Å². The molecule has 0 spiro atoms. The zero-order chi connectivity index (χ0) is 18.2. The lowest BCUT2D eigenvalue weighted by molar-refractivity contribution is -0.333. The third-order valence-electron chi connectivity index (χ3n) is 3.90. The van der Waals surface area contributed by atoms with Crippen molar-refractivity contribution in [3.8, 4) is 0 Å². The molecular formula is C23H25NO. The van der Waals surface area contributed by atoms with E-state index in [2.05, 4.69) is 17.0 Å². The van der Waals surface area contributed by atoms with Gasteiger partial charge in [0.2, 0.25) is 0 Å². The van der Waals surface area contributed by atoms with Crippen molar-refractivity contribution in [1.29, 1.82) is 0 Å². The molecule has 0 unspecified atom stereocenters. The van der Waals surface area contributed by atoms with Crippen LogP contribution in [0.15, 0.2) is 78.9 Å². The summed E-state index contributed by atoms with van der Waals surface area (Å²) in [5.41, 5.74) is 5.07. The molecule has 25 heavy (non-hydrogen) atoms. The average molecular weight is 331 g/mol. The SMILES string of the molecule is C[N+](C)c1ccccc1.Cc1ccc([C]([O-])c2ccc(C)cc2)cc1. The van der Waals surface area contributed by atoms with Crippen molar-refractivity contribution < 1.29 is 5.11 Å². The highest BCUT2D eigenvalue weighted by atomic mass is 16.3. The van der Waals surface area contributed by atoms with E-state index in [1.54, 1.807) is 0 Å². The molecule has 0 saturated heterocycles. The molecule has 3 rings (SSSR count). The lowest BCUT2D eigenvalue weighted by Gasteiger charge is -2.23. The minimum atomic E-state index is 0.0833. The minimum absolute atomic E-state index is 0.0833. The van der Waals surface area contributed by atoms with Gasteiger partial charge in [0.25, 0.3) is 0 Å². The fourth-order valence-electron chi connectivity index (χ4n) is 2.30. The minimum Gasteiger partial charge on any atom is -0.843 e. The van der Waals surface area contributed by atoms with Gasteiger partial charge in [0.05, 0.1) is 0 Å². The van der Waals surface area contributed by atoms with E-state index in [1.807, 2.05) is 94.7 Å². The van der Waals surface area contributed by atoms with E-state index in [4.69, 9.17) is 0 Å². The number of nitrogens with zero attached hydrogens (tertiary/aromatic N) is 1. The number of hydrogen-bond acceptors (Lipinski definition) is 2. The summed E-state index contributed by atoms with van der Waals surface area (Å²) in [7, 11) is 4.07. The molecule has 0 saturated carbocycles. The summed E-state index contributed by atoms with van der Waals surface area (Å²) >= 11 is 0. The fourth-order valence-corrected chi connectivity index (χ4v) is 2.30. The maximum absolute atomic E-state index is 12.1. The highest BCUT2D eigenvalue weighted by Crippen LogP contribution is 2.18. The molecule has 0 atom stereocenters. The average Bonchev–Trinajstić information content (AvgIpc) is 2.64. The number of anilines is 1. The van der Waals surface area contributed by atoms with Crippen LogP contribution in [0.5, 0.6) is 0 Å². The van der Waals surface area contributed by atoms with E-state index in [0.717, 1.165) is 11.1 Å². The maximum atomic E-state index is 12.1. The first-order valence-electron chi connectivity index (χ1n) is 8.38. The van der Waals surface area contributed by atoms with Crippen LogP contribution in [0.4, 0.5) is 5.69 Å². The van der Waals surface area contributed by atoms with Gasteiger partial charge in [-0.1, -0.05) is 95.1 Å². The van der Waals surface area contributed by atoms with Gasteiger partial charge in [-0.3, -0.25) is 0 Å². The third kappa shape index (κ3) is 5.86. The zero-order valence-electron chi connectivity index (χ0n) is 15.4. The highest BCUT2D eigenvalue weighted by Gasteiger charge is 2.02. The molecule has 2 nitrogen and oxygen atoms in total. The summed E-state index contributed by atoms with van der Waals surface area (Å²) in [6.45, 7) is 4.03. The molecule has 3 aromatic carbocycles. The molecule has 0 amide bonds. The molecular weight excluding hydrogens is 306 g/mol. The molecule has 0 aliphatic heterocycles. The Labute approximate surface area is 151 Å². The standard InChI is InChI=1S/C15H14O.C8H11N/c1-11-3-7-13(8-4-11)15(16)14-9-5-12(2)6-10-14;1-9(2)8-6-4-3-5-7-8/h3-10H,1-2H3;3-7H,1-2H3/q-1;+1. The van der Waals surface area contributed by atoms with Crippen molar-refractivity contribution in [2.24, 2.45) is 0 Å². The van der Waals surface area contributed by atoms with Crippen molar-refractivity contribution in [2.45, 2.75) is 13.8 Å². The van der Waals surface area contributed by atoms with Crippen molar-refractivity contribution >= 4 is 5.69 Å². The second-order valence-corrected chi connectivity index (χ2v) is 6.29. The number of hydrogen-bond donors (Lipinski definition) is 0. The van der Waals surface area contributed by atoms with Gasteiger partial charge in [-0.25, -0.2) is 0 Å². The van der Waals surface area contributed by atoms with Crippen LogP contribution in [-0.4, -0.2) is 14.1 Å². The van der Waals surface area contributed by atoms with Gasteiger partial charge in [0.1, 0.15) is 14.1 Å². The van der Waals surface area contributed by atoms with Gasteiger partial charge < -0.3 is 5.11 Å². The Morgan fingerprint density at radius 1 is 0.640 bits per heavy atom. The molecule has 2 heteroatoms. The summed E-state index contributed by atoms with van der Waals surface area (Å²) in [6, 6.07) is 25.6. The number of aryl methyl sites for hydroxylation is 2. The Balaban J connectivity index is 0.000000212. The molecule has 0 aliphatic rings. The summed E-state index contributed by atoms with van der Waals surface area (Å²) < 4.78 is 0. The zero-order valence-corrected chi connectivity index (χ0v) is 15.4. The van der Waals surface area contributed by atoms with Crippen molar-refractivity contribution in [3.05, 3.63) is 107 Å².